The average Bonchev–Trinajstić information content (AvgIpc) is 2.44. The number of ether oxygens (including phenoxy) is 3. The number of carbonyl (C=O) groups excluding carboxylic acids is 1. The molecule has 0 aliphatic heterocycles. The lowest BCUT2D eigenvalue weighted by atomic mass is 10.1. The van der Waals surface area contributed by atoms with Gasteiger partial charge in [-0.1, -0.05) is 0 Å². The van der Waals surface area contributed by atoms with E-state index < -0.39 is 16.6 Å². The Morgan fingerprint density at radius 1 is 1.22 bits per heavy atom. The highest BCUT2D eigenvalue weighted by molar-refractivity contribution is 5.67. The topological polar surface area (TPSA) is 99.9 Å². The predicted molar refractivity (Wildman–Crippen MR) is 84.1 cm³/mol. The van der Waals surface area contributed by atoms with Crippen molar-refractivity contribution in [3.05, 3.63) is 27.8 Å². The van der Waals surface area contributed by atoms with E-state index in [0.29, 0.717) is 11.3 Å². The number of hydrogen-bond acceptors (Lipinski definition) is 6. The van der Waals surface area contributed by atoms with Gasteiger partial charge in [0.2, 0.25) is 0 Å². The van der Waals surface area contributed by atoms with Crippen molar-refractivity contribution in [2.75, 3.05) is 20.8 Å². The Bertz CT molecular complexity index is 580. The number of nitro groups is 1. The van der Waals surface area contributed by atoms with Crippen molar-refractivity contribution in [3.63, 3.8) is 0 Å². The van der Waals surface area contributed by atoms with E-state index in [4.69, 9.17) is 14.2 Å². The number of amides is 1. The van der Waals surface area contributed by atoms with Crippen LogP contribution in [-0.2, 0) is 11.2 Å². The van der Waals surface area contributed by atoms with Crippen molar-refractivity contribution in [1.29, 1.82) is 0 Å². The summed E-state index contributed by atoms with van der Waals surface area (Å²) in [5, 5.41) is 13.7. The number of methoxy groups -OCH3 is 2. The first-order valence-corrected chi connectivity index (χ1v) is 7.04. The van der Waals surface area contributed by atoms with Gasteiger partial charge >= 0.3 is 6.09 Å². The number of carbonyl (C=O) groups is 1. The molecule has 1 N–H and O–H groups in total. The number of benzene rings is 1. The number of nitrogens with one attached hydrogen (secondary N) is 1. The lowest BCUT2D eigenvalue weighted by Gasteiger charge is -2.19. The van der Waals surface area contributed by atoms with Crippen molar-refractivity contribution in [2.24, 2.45) is 0 Å². The van der Waals surface area contributed by atoms with Crippen LogP contribution in [0.3, 0.4) is 0 Å². The molecular weight excluding hydrogens is 304 g/mol. The Labute approximate surface area is 134 Å². The molecule has 0 saturated carbocycles. The van der Waals surface area contributed by atoms with Crippen LogP contribution in [0.2, 0.25) is 0 Å². The van der Waals surface area contributed by atoms with Crippen molar-refractivity contribution in [1.82, 2.24) is 5.32 Å². The Hall–Kier alpha value is -2.51. The fraction of sp³-hybridized carbons (Fsp3) is 0.533. The molecule has 0 unspecified atom stereocenters. The molecule has 0 radical (unpaired) electrons. The van der Waals surface area contributed by atoms with Gasteiger partial charge in [0.05, 0.1) is 25.2 Å². The summed E-state index contributed by atoms with van der Waals surface area (Å²) in [7, 11) is 2.86. The van der Waals surface area contributed by atoms with Gasteiger partial charge in [-0.3, -0.25) is 10.1 Å². The molecule has 23 heavy (non-hydrogen) atoms. The molecule has 1 aromatic rings. The Balaban J connectivity index is 2.83. The smallest absolute Gasteiger partial charge is 0.407 e. The van der Waals surface area contributed by atoms with E-state index in [1.54, 1.807) is 20.8 Å². The summed E-state index contributed by atoms with van der Waals surface area (Å²) in [5.74, 6) is 0.674. The lowest BCUT2D eigenvalue weighted by Crippen LogP contribution is -2.33. The first kappa shape index (κ1) is 18.5. The third-order valence-corrected chi connectivity index (χ3v) is 2.84. The molecule has 1 aromatic carbocycles. The fourth-order valence-electron chi connectivity index (χ4n) is 1.89. The van der Waals surface area contributed by atoms with E-state index in [0.717, 1.165) is 0 Å². The van der Waals surface area contributed by atoms with Crippen LogP contribution >= 0.6 is 0 Å². The molecular formula is C15H22N2O6. The molecule has 128 valence electrons. The van der Waals surface area contributed by atoms with E-state index in [-0.39, 0.29) is 24.4 Å². The third kappa shape index (κ3) is 5.65. The van der Waals surface area contributed by atoms with Crippen LogP contribution in [0.25, 0.3) is 0 Å². The summed E-state index contributed by atoms with van der Waals surface area (Å²) in [6, 6.07) is 2.84. The summed E-state index contributed by atoms with van der Waals surface area (Å²) in [4.78, 5) is 22.3. The van der Waals surface area contributed by atoms with Gasteiger partial charge in [-0.15, -0.1) is 0 Å². The van der Waals surface area contributed by atoms with E-state index >= 15 is 0 Å². The maximum absolute atomic E-state index is 11.6. The predicted octanol–water partition coefficient (Wildman–Crippen LogP) is 2.68. The molecule has 8 heteroatoms. The zero-order valence-electron chi connectivity index (χ0n) is 14.0. The molecule has 0 atom stereocenters. The second kappa shape index (κ2) is 7.66. The summed E-state index contributed by atoms with van der Waals surface area (Å²) in [5.41, 5.74) is -0.253. The normalized spacial score (nSPS) is 10.8. The number of hydrogen-bond donors (Lipinski definition) is 1. The minimum atomic E-state index is -0.598. The maximum atomic E-state index is 11.6. The monoisotopic (exact) mass is 326 g/mol. The minimum absolute atomic E-state index is 0.0892. The van der Waals surface area contributed by atoms with E-state index in [9.17, 15) is 14.9 Å². The summed E-state index contributed by atoms with van der Waals surface area (Å²) >= 11 is 0. The quantitative estimate of drug-likeness (QED) is 0.637. The Morgan fingerprint density at radius 2 is 1.78 bits per heavy atom. The molecule has 0 heterocycles. The van der Waals surface area contributed by atoms with Crippen LogP contribution in [0.15, 0.2) is 12.1 Å². The van der Waals surface area contributed by atoms with Crippen LogP contribution in [0.5, 0.6) is 11.5 Å². The fourth-order valence-corrected chi connectivity index (χ4v) is 1.89. The number of nitro benzene ring substituents is 1. The average molecular weight is 326 g/mol. The zero-order chi connectivity index (χ0) is 17.6. The van der Waals surface area contributed by atoms with Crippen molar-refractivity contribution >= 4 is 11.8 Å². The van der Waals surface area contributed by atoms with Gasteiger partial charge in [-0.2, -0.15) is 0 Å². The maximum Gasteiger partial charge on any atom is 0.407 e. The van der Waals surface area contributed by atoms with Gasteiger partial charge in [-0.05, 0) is 33.3 Å². The van der Waals surface area contributed by atoms with Crippen LogP contribution in [-0.4, -0.2) is 37.4 Å². The molecule has 0 saturated heterocycles. The van der Waals surface area contributed by atoms with E-state index in [1.165, 1.54) is 26.4 Å². The van der Waals surface area contributed by atoms with Gasteiger partial charge in [0.25, 0.3) is 5.69 Å². The van der Waals surface area contributed by atoms with Crippen LogP contribution in [0.4, 0.5) is 10.5 Å². The van der Waals surface area contributed by atoms with Gasteiger partial charge in [0.15, 0.2) is 11.5 Å². The van der Waals surface area contributed by atoms with Crippen molar-refractivity contribution in [3.8, 4) is 11.5 Å². The van der Waals surface area contributed by atoms with Crippen LogP contribution in [0.1, 0.15) is 26.3 Å². The van der Waals surface area contributed by atoms with Crippen molar-refractivity contribution in [2.45, 2.75) is 32.8 Å². The highest BCUT2D eigenvalue weighted by atomic mass is 16.6. The summed E-state index contributed by atoms with van der Waals surface area (Å²) in [6.45, 7) is 5.47. The molecule has 0 spiro atoms. The van der Waals surface area contributed by atoms with E-state index in [1.807, 2.05) is 0 Å². The summed E-state index contributed by atoms with van der Waals surface area (Å²) < 4.78 is 15.3. The first-order valence-electron chi connectivity index (χ1n) is 7.04. The van der Waals surface area contributed by atoms with Gasteiger partial charge < -0.3 is 19.5 Å². The van der Waals surface area contributed by atoms with Crippen molar-refractivity contribution < 1.29 is 23.9 Å². The molecule has 1 amide bonds. The number of alkyl carbamates (subject to hydrolysis) is 1. The van der Waals surface area contributed by atoms with Gasteiger partial charge in [0, 0.05) is 12.1 Å². The zero-order valence-corrected chi connectivity index (χ0v) is 14.0. The minimum Gasteiger partial charge on any atom is -0.493 e. The number of nitrogens with zero attached hydrogens (tertiary/aromatic N) is 1. The molecule has 0 aliphatic rings. The molecule has 0 aromatic heterocycles. The highest BCUT2D eigenvalue weighted by Crippen LogP contribution is 2.34. The molecule has 0 fully saturated rings. The van der Waals surface area contributed by atoms with E-state index in [2.05, 4.69) is 5.32 Å². The number of rotatable bonds is 6. The molecule has 1 rings (SSSR count). The largest absolute Gasteiger partial charge is 0.493 e. The molecule has 0 bridgehead atoms. The molecule has 8 nitrogen and oxygen atoms in total. The summed E-state index contributed by atoms with van der Waals surface area (Å²) in [6.07, 6.45) is -0.309. The standard InChI is InChI=1S/C15H22N2O6/c1-15(2,3)23-14(18)16-7-6-10-8-12(21-4)13(22-5)9-11(10)17(19)20/h8-9H,6-7H2,1-5H3,(H,16,18). The van der Waals surface area contributed by atoms with Crippen LogP contribution in [0, 0.1) is 10.1 Å². The Morgan fingerprint density at radius 3 is 2.26 bits per heavy atom. The molecule has 0 aliphatic carbocycles. The highest BCUT2D eigenvalue weighted by Gasteiger charge is 2.20. The SMILES string of the molecule is COc1cc(CCNC(=O)OC(C)(C)C)c([N+](=O)[O-])cc1OC. The second-order valence-electron chi connectivity index (χ2n) is 5.77. The van der Waals surface area contributed by atoms with Crippen LogP contribution < -0.4 is 14.8 Å². The third-order valence-electron chi connectivity index (χ3n) is 2.84. The Kier molecular flexibility index (Phi) is 6.18. The van der Waals surface area contributed by atoms with Gasteiger partial charge in [-0.25, -0.2) is 4.79 Å². The lowest BCUT2D eigenvalue weighted by molar-refractivity contribution is -0.385. The second-order valence-corrected chi connectivity index (χ2v) is 5.77. The van der Waals surface area contributed by atoms with Gasteiger partial charge in [0.1, 0.15) is 5.60 Å². The first-order chi connectivity index (χ1) is 10.7.